The maximum atomic E-state index is 12.6. The fourth-order valence-electron chi connectivity index (χ4n) is 2.25. The molecule has 1 aliphatic rings. The summed E-state index contributed by atoms with van der Waals surface area (Å²) in [6.45, 7) is 4.36. The summed E-state index contributed by atoms with van der Waals surface area (Å²) in [5.74, 6) is 0.0186. The summed E-state index contributed by atoms with van der Waals surface area (Å²) in [5, 5.41) is 4.07. The number of likely N-dealkylation sites (N-methyl/N-ethyl adjacent to an activating group) is 1. The number of carbonyl (C=O) groups excluding carboxylic acids is 1. The van der Waals surface area contributed by atoms with Crippen LogP contribution in [0.2, 0.25) is 4.34 Å². The van der Waals surface area contributed by atoms with Crippen molar-refractivity contribution in [3.8, 4) is 0 Å². The summed E-state index contributed by atoms with van der Waals surface area (Å²) in [6.07, 6.45) is 0.933. The number of nitrogens with zero attached hydrogens (tertiary/aromatic N) is 3. The molecule has 0 radical (unpaired) electrons. The van der Waals surface area contributed by atoms with Crippen LogP contribution in [0.25, 0.3) is 0 Å². The van der Waals surface area contributed by atoms with E-state index in [1.54, 1.807) is 0 Å². The van der Waals surface area contributed by atoms with Crippen LogP contribution < -0.4 is 0 Å². The van der Waals surface area contributed by atoms with E-state index < -0.39 is 6.10 Å². The van der Waals surface area contributed by atoms with Crippen molar-refractivity contribution in [3.63, 3.8) is 0 Å². The third-order valence-corrected chi connectivity index (χ3v) is 4.70. The number of oxime groups is 1. The number of amides is 1. The van der Waals surface area contributed by atoms with Gasteiger partial charge in [-0.2, -0.15) is 0 Å². The summed E-state index contributed by atoms with van der Waals surface area (Å²) < 4.78 is 0.714. The van der Waals surface area contributed by atoms with Gasteiger partial charge in [-0.25, -0.2) is 0 Å². The first-order valence-electron chi connectivity index (χ1n) is 7.43. The van der Waals surface area contributed by atoms with Crippen LogP contribution in [-0.4, -0.2) is 61.3 Å². The number of halogens is 1. The van der Waals surface area contributed by atoms with Crippen molar-refractivity contribution in [2.45, 2.75) is 25.9 Å². The Morgan fingerprint density at radius 1 is 1.41 bits per heavy atom. The molecule has 0 N–H and O–H groups in total. The molecule has 0 bridgehead atoms. The molecule has 1 aromatic heterocycles. The molecule has 0 saturated heterocycles. The zero-order valence-electron chi connectivity index (χ0n) is 13.2. The Labute approximate surface area is 140 Å². The highest BCUT2D eigenvalue weighted by Crippen LogP contribution is 2.26. The number of carbonyl (C=O) groups is 1. The smallest absolute Gasteiger partial charge is 0.266 e. The zero-order chi connectivity index (χ0) is 16.1. The van der Waals surface area contributed by atoms with Gasteiger partial charge in [0.1, 0.15) is 5.71 Å². The van der Waals surface area contributed by atoms with Crippen molar-refractivity contribution >= 4 is 34.6 Å². The Morgan fingerprint density at radius 2 is 2.18 bits per heavy atom. The highest BCUT2D eigenvalue weighted by Gasteiger charge is 2.32. The van der Waals surface area contributed by atoms with Gasteiger partial charge in [0.25, 0.3) is 5.91 Å². The summed E-state index contributed by atoms with van der Waals surface area (Å²) in [4.78, 5) is 22.9. The first kappa shape index (κ1) is 17.2. The molecule has 22 heavy (non-hydrogen) atoms. The summed E-state index contributed by atoms with van der Waals surface area (Å²) >= 11 is 7.40. The van der Waals surface area contributed by atoms with E-state index in [0.717, 1.165) is 30.1 Å². The molecular formula is C15H22ClN3O2S. The molecule has 1 atom stereocenters. The van der Waals surface area contributed by atoms with E-state index in [9.17, 15) is 4.79 Å². The van der Waals surface area contributed by atoms with Crippen LogP contribution in [0.5, 0.6) is 0 Å². The molecule has 1 amide bonds. The van der Waals surface area contributed by atoms with Crippen LogP contribution in [0.4, 0.5) is 0 Å². The van der Waals surface area contributed by atoms with Crippen LogP contribution in [-0.2, 0) is 9.63 Å². The van der Waals surface area contributed by atoms with Gasteiger partial charge in [-0.15, -0.1) is 11.3 Å². The molecule has 2 rings (SSSR count). The van der Waals surface area contributed by atoms with Crippen LogP contribution in [0.1, 0.15) is 24.6 Å². The third-order valence-electron chi connectivity index (χ3n) is 3.42. The molecule has 0 saturated carbocycles. The molecule has 0 aromatic carbocycles. The van der Waals surface area contributed by atoms with Gasteiger partial charge < -0.3 is 14.6 Å². The first-order chi connectivity index (χ1) is 10.5. The molecule has 0 spiro atoms. The summed E-state index contributed by atoms with van der Waals surface area (Å²) in [6, 6.07) is 3.75. The van der Waals surface area contributed by atoms with E-state index in [1.807, 2.05) is 31.1 Å². The lowest BCUT2D eigenvalue weighted by atomic mass is 10.1. The standard InChI is InChI=1S/C15H22ClN3O2S/c1-4-7-19(9-8-18(2)3)15(20)12-10-11(17-21-12)13-5-6-14(16)22-13/h5-6,12H,4,7-10H2,1-3H3. The van der Waals surface area contributed by atoms with Crippen molar-refractivity contribution in [3.05, 3.63) is 21.3 Å². The minimum atomic E-state index is -0.510. The zero-order valence-corrected chi connectivity index (χ0v) is 14.8. The van der Waals surface area contributed by atoms with E-state index in [-0.39, 0.29) is 5.91 Å². The van der Waals surface area contributed by atoms with Crippen LogP contribution in [0.3, 0.4) is 0 Å². The summed E-state index contributed by atoms with van der Waals surface area (Å²) in [5.41, 5.74) is 0.805. The quantitative estimate of drug-likeness (QED) is 0.764. The van der Waals surface area contributed by atoms with Crippen molar-refractivity contribution in [1.82, 2.24) is 9.80 Å². The van der Waals surface area contributed by atoms with Crippen molar-refractivity contribution in [2.24, 2.45) is 5.16 Å². The van der Waals surface area contributed by atoms with Gasteiger partial charge in [0, 0.05) is 26.1 Å². The second-order valence-electron chi connectivity index (χ2n) is 5.57. The maximum absolute atomic E-state index is 12.6. The van der Waals surface area contributed by atoms with Crippen molar-refractivity contribution in [2.75, 3.05) is 33.7 Å². The molecule has 7 heteroatoms. The third kappa shape index (κ3) is 4.44. The normalized spacial score (nSPS) is 17.5. The largest absolute Gasteiger partial charge is 0.382 e. The Kier molecular flexibility index (Phi) is 6.23. The minimum absolute atomic E-state index is 0.0186. The van der Waals surface area contributed by atoms with Crippen molar-refractivity contribution in [1.29, 1.82) is 0 Å². The van der Waals surface area contributed by atoms with Gasteiger partial charge in [-0.1, -0.05) is 23.7 Å². The van der Waals surface area contributed by atoms with Crippen LogP contribution in [0, 0.1) is 0 Å². The molecule has 2 heterocycles. The molecule has 5 nitrogen and oxygen atoms in total. The predicted molar refractivity (Wildman–Crippen MR) is 90.8 cm³/mol. The van der Waals surface area contributed by atoms with E-state index in [4.69, 9.17) is 16.4 Å². The van der Waals surface area contributed by atoms with Gasteiger partial charge in [-0.3, -0.25) is 4.79 Å². The number of hydrogen-bond acceptors (Lipinski definition) is 5. The predicted octanol–water partition coefficient (Wildman–Crippen LogP) is 2.69. The summed E-state index contributed by atoms with van der Waals surface area (Å²) in [7, 11) is 4.00. The lowest BCUT2D eigenvalue weighted by molar-refractivity contribution is -0.142. The lowest BCUT2D eigenvalue weighted by Crippen LogP contribution is -2.43. The van der Waals surface area contributed by atoms with Crippen LogP contribution >= 0.6 is 22.9 Å². The average molecular weight is 344 g/mol. The molecule has 1 aromatic rings. The second kappa shape index (κ2) is 7.94. The molecule has 0 aliphatic carbocycles. The van der Waals surface area contributed by atoms with Gasteiger partial charge >= 0.3 is 0 Å². The van der Waals surface area contributed by atoms with E-state index >= 15 is 0 Å². The molecule has 1 unspecified atom stereocenters. The van der Waals surface area contributed by atoms with E-state index in [1.165, 1.54) is 11.3 Å². The van der Waals surface area contributed by atoms with E-state index in [2.05, 4.69) is 17.0 Å². The fraction of sp³-hybridized carbons (Fsp3) is 0.600. The lowest BCUT2D eigenvalue weighted by Gasteiger charge is -2.25. The van der Waals surface area contributed by atoms with Crippen LogP contribution in [0.15, 0.2) is 17.3 Å². The monoisotopic (exact) mass is 343 g/mol. The number of hydrogen-bond donors (Lipinski definition) is 0. The number of thiophene rings is 1. The Hall–Kier alpha value is -1.11. The fourth-order valence-corrected chi connectivity index (χ4v) is 3.28. The molecule has 1 aliphatic heterocycles. The second-order valence-corrected chi connectivity index (χ2v) is 7.28. The molecule has 122 valence electrons. The average Bonchev–Trinajstić information content (AvgIpc) is 3.11. The maximum Gasteiger partial charge on any atom is 0.266 e. The molecule has 0 fully saturated rings. The topological polar surface area (TPSA) is 45.1 Å². The van der Waals surface area contributed by atoms with E-state index in [0.29, 0.717) is 17.3 Å². The van der Waals surface area contributed by atoms with Gasteiger partial charge in [0.2, 0.25) is 6.10 Å². The van der Waals surface area contributed by atoms with Gasteiger partial charge in [0.05, 0.1) is 9.21 Å². The Bertz CT molecular complexity index is 545. The minimum Gasteiger partial charge on any atom is -0.382 e. The van der Waals surface area contributed by atoms with Gasteiger partial charge in [0.15, 0.2) is 0 Å². The Morgan fingerprint density at radius 3 is 2.77 bits per heavy atom. The Balaban J connectivity index is 1.95. The number of rotatable bonds is 7. The van der Waals surface area contributed by atoms with Gasteiger partial charge in [-0.05, 0) is 32.6 Å². The first-order valence-corrected chi connectivity index (χ1v) is 8.62. The van der Waals surface area contributed by atoms with Crippen molar-refractivity contribution < 1.29 is 9.63 Å². The SMILES string of the molecule is CCCN(CCN(C)C)C(=O)C1CC(c2ccc(Cl)s2)=NO1. The molecular weight excluding hydrogens is 322 g/mol. The highest BCUT2D eigenvalue weighted by atomic mass is 35.5. The highest BCUT2D eigenvalue weighted by molar-refractivity contribution is 7.18.